The number of amides is 4. The van der Waals surface area contributed by atoms with Gasteiger partial charge in [0.15, 0.2) is 5.41 Å². The summed E-state index contributed by atoms with van der Waals surface area (Å²) in [6.07, 6.45) is 1.41. The number of halogens is 1. The molecule has 5 rings (SSSR count). The summed E-state index contributed by atoms with van der Waals surface area (Å²) in [5.41, 5.74) is -0.0663. The Morgan fingerprint density at radius 3 is 2.58 bits per heavy atom. The second kappa shape index (κ2) is 7.55. The summed E-state index contributed by atoms with van der Waals surface area (Å²) in [6.45, 7) is 2.68. The fraction of sp³-hybridized carbons (Fsp3) is 0.348. The summed E-state index contributed by atoms with van der Waals surface area (Å²) < 4.78 is 0. The number of imide groups is 2. The van der Waals surface area contributed by atoms with E-state index in [0.717, 1.165) is 17.0 Å². The number of rotatable bonds is 2. The molecule has 2 aromatic carbocycles. The van der Waals surface area contributed by atoms with Crippen LogP contribution in [0.15, 0.2) is 42.5 Å². The third-order valence-electron chi connectivity index (χ3n) is 6.98. The lowest BCUT2D eigenvalue weighted by atomic mass is 9.64. The van der Waals surface area contributed by atoms with Crippen molar-refractivity contribution >= 4 is 46.5 Å². The summed E-state index contributed by atoms with van der Waals surface area (Å²) in [4.78, 5) is 54.2. The second-order valence-electron chi connectivity index (χ2n) is 8.93. The number of nitro benzene ring substituents is 1. The molecule has 0 saturated carbocycles. The van der Waals surface area contributed by atoms with E-state index in [1.54, 1.807) is 30.3 Å². The Labute approximate surface area is 194 Å². The van der Waals surface area contributed by atoms with E-state index < -0.39 is 34.2 Å². The molecule has 4 amide bonds. The van der Waals surface area contributed by atoms with Crippen molar-refractivity contribution in [2.75, 3.05) is 16.3 Å². The Morgan fingerprint density at radius 2 is 1.88 bits per heavy atom. The molecular weight excluding hydrogens is 448 g/mol. The third-order valence-corrected chi connectivity index (χ3v) is 7.24. The van der Waals surface area contributed by atoms with Crippen LogP contribution in [-0.2, 0) is 16.0 Å². The highest BCUT2D eigenvalue weighted by molar-refractivity contribution is 6.32. The number of carbonyl (C=O) groups is 3. The van der Waals surface area contributed by atoms with Gasteiger partial charge in [0, 0.05) is 35.8 Å². The topological polar surface area (TPSA) is 113 Å². The van der Waals surface area contributed by atoms with Crippen LogP contribution in [-0.4, -0.2) is 35.4 Å². The first-order chi connectivity index (χ1) is 15.7. The fourth-order valence-electron chi connectivity index (χ4n) is 5.35. The highest BCUT2D eigenvalue weighted by Gasteiger charge is 2.63. The van der Waals surface area contributed by atoms with Gasteiger partial charge in [0.1, 0.15) is 0 Å². The highest BCUT2D eigenvalue weighted by atomic mass is 35.5. The van der Waals surface area contributed by atoms with Crippen molar-refractivity contribution in [3.05, 3.63) is 63.2 Å². The number of carbonyl (C=O) groups excluding carboxylic acids is 3. The van der Waals surface area contributed by atoms with Crippen LogP contribution in [0.2, 0.25) is 5.02 Å². The largest absolute Gasteiger partial charge is 0.367 e. The van der Waals surface area contributed by atoms with Crippen LogP contribution in [0.1, 0.15) is 25.3 Å². The van der Waals surface area contributed by atoms with Crippen molar-refractivity contribution in [1.29, 1.82) is 0 Å². The summed E-state index contributed by atoms with van der Waals surface area (Å²) >= 11 is 5.97. The van der Waals surface area contributed by atoms with Crippen molar-refractivity contribution < 1.29 is 19.3 Å². The normalized spacial score (nSPS) is 26.7. The Kier molecular flexibility index (Phi) is 4.89. The molecule has 1 N–H and O–H groups in total. The molecule has 2 fully saturated rings. The fourth-order valence-corrected chi connectivity index (χ4v) is 5.48. The molecule has 3 aliphatic heterocycles. The molecule has 33 heavy (non-hydrogen) atoms. The molecule has 3 heterocycles. The minimum Gasteiger partial charge on any atom is -0.367 e. The molecule has 2 saturated heterocycles. The number of hydrogen-bond donors (Lipinski definition) is 1. The van der Waals surface area contributed by atoms with E-state index in [1.807, 2.05) is 4.90 Å². The predicted octanol–water partition coefficient (Wildman–Crippen LogP) is 3.68. The molecule has 3 aliphatic rings. The van der Waals surface area contributed by atoms with E-state index in [1.165, 1.54) is 12.1 Å². The maximum Gasteiger partial charge on any atom is 0.335 e. The van der Waals surface area contributed by atoms with Crippen LogP contribution >= 0.6 is 11.6 Å². The number of nitrogens with zero attached hydrogens (tertiary/aromatic N) is 3. The van der Waals surface area contributed by atoms with E-state index in [4.69, 9.17) is 11.6 Å². The molecule has 0 bridgehead atoms. The standard InChI is InChI=1S/C23H21ClN4O5/c1-13-8-9-26-18-7-6-17(28(32)33)11-14(18)12-23(19(26)10-13)20(29)25-22(31)27(21(23)30)16-4-2-15(24)3-5-16/h2-7,11,13,19H,8-10,12H2,1H3,(H,25,29,31)/t13-,19-,23-/m1/s1. The number of urea groups is 1. The molecule has 0 aliphatic carbocycles. The molecule has 9 nitrogen and oxygen atoms in total. The molecule has 1 spiro atoms. The predicted molar refractivity (Wildman–Crippen MR) is 121 cm³/mol. The number of piperidine rings is 1. The van der Waals surface area contributed by atoms with Gasteiger partial charge >= 0.3 is 6.03 Å². The van der Waals surface area contributed by atoms with Crippen molar-refractivity contribution in [3.8, 4) is 0 Å². The summed E-state index contributed by atoms with van der Waals surface area (Å²) in [7, 11) is 0. The first kappa shape index (κ1) is 21.4. The van der Waals surface area contributed by atoms with E-state index in [9.17, 15) is 24.5 Å². The average molecular weight is 469 g/mol. The van der Waals surface area contributed by atoms with Crippen LogP contribution in [0.3, 0.4) is 0 Å². The van der Waals surface area contributed by atoms with E-state index in [0.29, 0.717) is 29.2 Å². The van der Waals surface area contributed by atoms with E-state index in [2.05, 4.69) is 12.2 Å². The smallest absolute Gasteiger partial charge is 0.335 e. The van der Waals surface area contributed by atoms with Crippen molar-refractivity contribution in [3.63, 3.8) is 0 Å². The molecular formula is C23H21ClN4O5. The van der Waals surface area contributed by atoms with Crippen molar-refractivity contribution in [1.82, 2.24) is 5.32 Å². The maximum atomic E-state index is 14.0. The average Bonchev–Trinajstić information content (AvgIpc) is 2.78. The van der Waals surface area contributed by atoms with Gasteiger partial charge in [0.2, 0.25) is 5.91 Å². The lowest BCUT2D eigenvalue weighted by Crippen LogP contribution is -2.73. The van der Waals surface area contributed by atoms with Crippen LogP contribution in [0.4, 0.5) is 21.9 Å². The van der Waals surface area contributed by atoms with Gasteiger partial charge in [-0.2, -0.15) is 0 Å². The summed E-state index contributed by atoms with van der Waals surface area (Å²) in [5, 5.41) is 14.2. The number of benzene rings is 2. The zero-order chi connectivity index (χ0) is 23.5. The molecule has 10 heteroatoms. The van der Waals surface area contributed by atoms with Crippen molar-refractivity contribution in [2.24, 2.45) is 11.3 Å². The third kappa shape index (κ3) is 3.18. The van der Waals surface area contributed by atoms with Crippen molar-refractivity contribution in [2.45, 2.75) is 32.2 Å². The van der Waals surface area contributed by atoms with Gasteiger partial charge in [-0.3, -0.25) is 25.0 Å². The Bertz CT molecular complexity index is 1200. The van der Waals surface area contributed by atoms with Crippen LogP contribution < -0.4 is 15.1 Å². The Hall–Kier alpha value is -3.46. The zero-order valence-corrected chi connectivity index (χ0v) is 18.5. The molecule has 2 aromatic rings. The zero-order valence-electron chi connectivity index (χ0n) is 17.8. The summed E-state index contributed by atoms with van der Waals surface area (Å²) in [6, 6.07) is 9.48. The van der Waals surface area contributed by atoms with Gasteiger partial charge in [-0.15, -0.1) is 0 Å². The summed E-state index contributed by atoms with van der Waals surface area (Å²) in [5.74, 6) is -1.02. The number of barbiturate groups is 1. The molecule has 170 valence electrons. The lowest BCUT2D eigenvalue weighted by molar-refractivity contribution is -0.384. The minimum absolute atomic E-state index is 0.0278. The maximum absolute atomic E-state index is 14.0. The van der Waals surface area contributed by atoms with Crippen LogP contribution in [0.5, 0.6) is 0 Å². The molecule has 0 radical (unpaired) electrons. The Balaban J connectivity index is 1.68. The quantitative estimate of drug-likeness (QED) is 0.408. The van der Waals surface area contributed by atoms with Gasteiger partial charge < -0.3 is 4.90 Å². The van der Waals surface area contributed by atoms with Crippen LogP contribution in [0.25, 0.3) is 0 Å². The SMILES string of the molecule is C[C@@H]1CCN2c3ccc([N+](=O)[O-])cc3C[C@]3(C(=O)NC(=O)N(c4ccc(Cl)cc4)C3=O)[C@H]2C1. The van der Waals surface area contributed by atoms with Gasteiger partial charge in [-0.05, 0) is 54.7 Å². The number of fused-ring (bicyclic) bond motifs is 4. The minimum atomic E-state index is -1.59. The van der Waals surface area contributed by atoms with Gasteiger partial charge in [-0.25, -0.2) is 9.69 Å². The Morgan fingerprint density at radius 1 is 1.15 bits per heavy atom. The van der Waals surface area contributed by atoms with Crippen LogP contribution in [0, 0.1) is 21.4 Å². The van der Waals surface area contributed by atoms with E-state index in [-0.39, 0.29) is 18.0 Å². The molecule has 0 aromatic heterocycles. The van der Waals surface area contributed by atoms with Gasteiger partial charge in [-0.1, -0.05) is 18.5 Å². The lowest BCUT2D eigenvalue weighted by Gasteiger charge is -2.54. The highest BCUT2D eigenvalue weighted by Crippen LogP contribution is 2.49. The van der Waals surface area contributed by atoms with E-state index >= 15 is 0 Å². The first-order valence-corrected chi connectivity index (χ1v) is 11.1. The number of anilines is 2. The molecule has 3 atom stereocenters. The molecule has 0 unspecified atom stereocenters. The van der Waals surface area contributed by atoms with Gasteiger partial charge in [0.25, 0.3) is 11.6 Å². The first-order valence-electron chi connectivity index (χ1n) is 10.7. The number of nitrogens with one attached hydrogen (secondary N) is 1. The number of hydrogen-bond acceptors (Lipinski definition) is 6. The van der Waals surface area contributed by atoms with Gasteiger partial charge in [0.05, 0.1) is 16.7 Å². The second-order valence-corrected chi connectivity index (χ2v) is 9.37. The number of nitro groups is 1. The monoisotopic (exact) mass is 468 g/mol. The number of non-ortho nitro benzene ring substituents is 1.